The van der Waals surface area contributed by atoms with Gasteiger partial charge in [0.25, 0.3) is 5.91 Å². The molecule has 2 amide bonds. The van der Waals surface area contributed by atoms with E-state index in [1.165, 1.54) is 5.48 Å². The van der Waals surface area contributed by atoms with Crippen LogP contribution < -0.4 is 20.3 Å². The van der Waals surface area contributed by atoms with Gasteiger partial charge in [-0.25, -0.2) is 5.48 Å². The number of anilines is 1. The van der Waals surface area contributed by atoms with Gasteiger partial charge in [-0.1, -0.05) is 18.2 Å². The van der Waals surface area contributed by atoms with Crippen LogP contribution in [0.25, 0.3) is 0 Å². The van der Waals surface area contributed by atoms with E-state index in [1.807, 2.05) is 18.2 Å². The van der Waals surface area contributed by atoms with E-state index in [1.54, 1.807) is 31.4 Å². The molecule has 1 aliphatic heterocycles. The van der Waals surface area contributed by atoms with E-state index in [0.29, 0.717) is 30.9 Å². The lowest BCUT2D eigenvalue weighted by molar-refractivity contribution is -0.138. The zero-order valence-electron chi connectivity index (χ0n) is 16.1. The molecule has 1 atom stereocenters. The summed E-state index contributed by atoms with van der Waals surface area (Å²) in [5, 5.41) is 11.5. The molecule has 29 heavy (non-hydrogen) atoms. The molecule has 154 valence electrons. The Kier molecular flexibility index (Phi) is 7.04. The molecule has 3 rings (SSSR count). The summed E-state index contributed by atoms with van der Waals surface area (Å²) in [6.07, 6.45) is 0.0175. The van der Waals surface area contributed by atoms with Gasteiger partial charge >= 0.3 is 0 Å². The average Bonchev–Trinajstić information content (AvgIpc) is 2.74. The second kappa shape index (κ2) is 9.90. The van der Waals surface area contributed by atoms with Crippen LogP contribution in [-0.4, -0.2) is 36.8 Å². The number of methoxy groups -OCH3 is 1. The van der Waals surface area contributed by atoms with Gasteiger partial charge in [0.05, 0.1) is 19.2 Å². The number of benzene rings is 2. The predicted octanol–water partition coefficient (Wildman–Crippen LogP) is 2.44. The number of para-hydroxylation sites is 2. The Morgan fingerprint density at radius 1 is 1.28 bits per heavy atom. The van der Waals surface area contributed by atoms with Gasteiger partial charge in [0.2, 0.25) is 5.91 Å². The van der Waals surface area contributed by atoms with Gasteiger partial charge in [0.1, 0.15) is 24.2 Å². The quantitative estimate of drug-likeness (QED) is 0.540. The van der Waals surface area contributed by atoms with E-state index in [-0.39, 0.29) is 13.0 Å². The van der Waals surface area contributed by atoms with Crippen LogP contribution in [0.5, 0.6) is 11.5 Å². The Morgan fingerprint density at radius 3 is 2.86 bits per heavy atom. The van der Waals surface area contributed by atoms with Crippen LogP contribution >= 0.6 is 0 Å². The van der Waals surface area contributed by atoms with Gasteiger partial charge in [-0.15, -0.1) is 0 Å². The summed E-state index contributed by atoms with van der Waals surface area (Å²) in [5.41, 5.74) is 4.02. The highest BCUT2D eigenvalue weighted by molar-refractivity contribution is 5.97. The highest BCUT2D eigenvalue weighted by Gasteiger charge is 2.24. The summed E-state index contributed by atoms with van der Waals surface area (Å²) >= 11 is 0. The summed E-state index contributed by atoms with van der Waals surface area (Å²) < 4.78 is 17.0. The van der Waals surface area contributed by atoms with Crippen molar-refractivity contribution in [3.05, 3.63) is 53.6 Å². The minimum atomic E-state index is -1.04. The maximum atomic E-state index is 12.7. The number of rotatable bonds is 3. The van der Waals surface area contributed by atoms with Gasteiger partial charge < -0.3 is 19.5 Å². The number of carbonyl (C=O) groups is 2. The molecule has 1 heterocycles. The summed E-state index contributed by atoms with van der Waals surface area (Å²) in [6, 6.07) is 12.9. The first-order valence-corrected chi connectivity index (χ1v) is 9.33. The van der Waals surface area contributed by atoms with E-state index in [2.05, 4.69) is 5.32 Å². The second-order valence-electron chi connectivity index (χ2n) is 6.67. The van der Waals surface area contributed by atoms with Crippen molar-refractivity contribution in [2.75, 3.05) is 19.0 Å². The molecule has 0 saturated carbocycles. The van der Waals surface area contributed by atoms with Crippen LogP contribution in [-0.2, 0) is 27.4 Å². The fraction of sp³-hybridized carbons (Fsp3) is 0.333. The minimum Gasteiger partial charge on any atom is -0.497 e. The second-order valence-corrected chi connectivity index (χ2v) is 6.67. The molecule has 2 bridgehead atoms. The summed E-state index contributed by atoms with van der Waals surface area (Å²) in [5.74, 6) is 0.0518. The molecule has 0 aromatic heterocycles. The number of hydrogen-bond acceptors (Lipinski definition) is 6. The van der Waals surface area contributed by atoms with E-state index in [4.69, 9.17) is 19.4 Å². The topological polar surface area (TPSA) is 106 Å². The zero-order chi connectivity index (χ0) is 20.6. The molecule has 0 aliphatic carbocycles. The van der Waals surface area contributed by atoms with Crippen molar-refractivity contribution in [1.29, 1.82) is 0 Å². The first-order valence-electron chi connectivity index (χ1n) is 9.33. The van der Waals surface area contributed by atoms with Crippen molar-refractivity contribution < 1.29 is 29.0 Å². The monoisotopic (exact) mass is 400 g/mol. The maximum absolute atomic E-state index is 12.7. The van der Waals surface area contributed by atoms with Crippen LogP contribution in [0.2, 0.25) is 0 Å². The molecule has 0 spiro atoms. The van der Waals surface area contributed by atoms with E-state index < -0.39 is 17.9 Å². The van der Waals surface area contributed by atoms with Gasteiger partial charge in [-0.05, 0) is 48.2 Å². The lowest BCUT2D eigenvalue weighted by Gasteiger charge is -2.19. The minimum absolute atomic E-state index is 0.279. The van der Waals surface area contributed by atoms with Crippen molar-refractivity contribution in [3.63, 3.8) is 0 Å². The SMILES string of the molecule is COc1cc2cc(c1)COc1ccccc1NC(=O)C(CC(=O)NO)OCCC2. The normalized spacial score (nSPS) is 17.2. The molecule has 0 radical (unpaired) electrons. The number of fused-ring (bicyclic) bond motifs is 3. The van der Waals surface area contributed by atoms with Gasteiger partial charge in [-0.2, -0.15) is 0 Å². The Hall–Kier alpha value is -3.10. The van der Waals surface area contributed by atoms with E-state index in [9.17, 15) is 9.59 Å². The third-order valence-corrected chi connectivity index (χ3v) is 4.52. The number of carbonyl (C=O) groups excluding carboxylic acids is 2. The highest BCUT2D eigenvalue weighted by Crippen LogP contribution is 2.27. The molecule has 1 aliphatic rings. The number of nitrogens with one attached hydrogen (secondary N) is 2. The Bertz CT molecular complexity index is 870. The van der Waals surface area contributed by atoms with Crippen LogP contribution in [0.15, 0.2) is 42.5 Å². The molecule has 0 saturated heterocycles. The van der Waals surface area contributed by atoms with E-state index >= 15 is 0 Å². The molecule has 2 aromatic carbocycles. The van der Waals surface area contributed by atoms with Crippen LogP contribution in [0.3, 0.4) is 0 Å². The standard InChI is InChI=1S/C21H24N2O6/c1-27-16-10-14-5-4-8-28-19(12-20(24)23-26)21(25)22-17-6-2-3-7-18(17)29-13-15(9-14)11-16/h2-3,6-7,9-11,19,26H,4-5,8,12-13H2,1H3,(H,22,25)(H,23,24). The van der Waals surface area contributed by atoms with Crippen molar-refractivity contribution >= 4 is 17.5 Å². The summed E-state index contributed by atoms with van der Waals surface area (Å²) in [7, 11) is 1.62. The number of aryl methyl sites for hydroxylation is 1. The molecule has 1 unspecified atom stereocenters. The molecule has 3 N–H and O–H groups in total. The largest absolute Gasteiger partial charge is 0.497 e. The summed E-state index contributed by atoms with van der Waals surface area (Å²) in [6.45, 7) is 0.589. The fourth-order valence-electron chi connectivity index (χ4n) is 3.09. The highest BCUT2D eigenvalue weighted by atomic mass is 16.5. The lowest BCUT2D eigenvalue weighted by atomic mass is 10.1. The first kappa shape index (κ1) is 20.6. The van der Waals surface area contributed by atoms with Crippen LogP contribution in [0.4, 0.5) is 5.69 Å². The van der Waals surface area contributed by atoms with Crippen LogP contribution in [0, 0.1) is 0 Å². The Balaban J connectivity index is 1.89. The third kappa shape index (κ3) is 5.69. The van der Waals surface area contributed by atoms with Gasteiger partial charge in [0, 0.05) is 6.61 Å². The zero-order valence-corrected chi connectivity index (χ0v) is 16.1. The molecular formula is C21H24N2O6. The summed E-state index contributed by atoms with van der Waals surface area (Å²) in [4.78, 5) is 24.2. The number of hydrogen-bond donors (Lipinski definition) is 3. The maximum Gasteiger partial charge on any atom is 0.254 e. The van der Waals surface area contributed by atoms with E-state index in [0.717, 1.165) is 16.9 Å². The smallest absolute Gasteiger partial charge is 0.254 e. The first-order chi connectivity index (χ1) is 14.1. The predicted molar refractivity (Wildman–Crippen MR) is 105 cm³/mol. The molecule has 0 fully saturated rings. The fourth-order valence-corrected chi connectivity index (χ4v) is 3.09. The molecule has 8 nitrogen and oxygen atoms in total. The average molecular weight is 400 g/mol. The van der Waals surface area contributed by atoms with Crippen molar-refractivity contribution in [2.45, 2.75) is 32.0 Å². The third-order valence-electron chi connectivity index (χ3n) is 4.52. The van der Waals surface area contributed by atoms with Gasteiger partial charge in [-0.3, -0.25) is 14.8 Å². The number of amides is 2. The molecule has 8 heteroatoms. The Morgan fingerprint density at radius 2 is 2.07 bits per heavy atom. The van der Waals surface area contributed by atoms with Crippen molar-refractivity contribution in [2.24, 2.45) is 0 Å². The molecular weight excluding hydrogens is 376 g/mol. The lowest BCUT2D eigenvalue weighted by Crippen LogP contribution is -2.36. The van der Waals surface area contributed by atoms with Crippen molar-refractivity contribution in [1.82, 2.24) is 5.48 Å². The number of hydroxylamine groups is 1. The number of ether oxygens (including phenoxy) is 3. The Labute approximate surface area is 168 Å². The van der Waals surface area contributed by atoms with Gasteiger partial charge in [0.15, 0.2) is 0 Å². The van der Waals surface area contributed by atoms with Crippen molar-refractivity contribution in [3.8, 4) is 11.5 Å². The van der Waals surface area contributed by atoms with Crippen LogP contribution in [0.1, 0.15) is 24.0 Å². The molecule has 2 aromatic rings.